The molecule has 1 atom stereocenters. The molecule has 212 valence electrons. The normalized spacial score (nSPS) is 14.6. The van der Waals surface area contributed by atoms with Gasteiger partial charge in [0.2, 0.25) is 0 Å². The third-order valence-corrected chi connectivity index (χ3v) is 13.4. The van der Waals surface area contributed by atoms with Gasteiger partial charge in [-0.3, -0.25) is 19.3 Å². The Bertz CT molecular complexity index is 1730. The Kier molecular flexibility index (Phi) is 7.34. The van der Waals surface area contributed by atoms with Gasteiger partial charge in [-0.2, -0.15) is 0 Å². The molecule has 0 radical (unpaired) electrons. The minimum atomic E-state index is -2.01. The fourth-order valence-corrected chi connectivity index (χ4v) is 6.52. The van der Waals surface area contributed by atoms with Gasteiger partial charge >= 0.3 is 0 Å². The van der Waals surface area contributed by atoms with Crippen molar-refractivity contribution in [2.24, 2.45) is 7.05 Å². The number of halogens is 1. The Morgan fingerprint density at radius 1 is 0.902 bits per heavy atom. The van der Waals surface area contributed by atoms with Crippen molar-refractivity contribution in [2.45, 2.75) is 58.5 Å². The van der Waals surface area contributed by atoms with Crippen LogP contribution in [-0.4, -0.2) is 29.6 Å². The molecule has 1 aromatic heterocycles. The Morgan fingerprint density at radius 3 is 2.12 bits per heavy atom. The smallest absolute Gasteiger partial charge is 0.262 e. The molecule has 0 unspecified atom stereocenters. The van der Waals surface area contributed by atoms with E-state index >= 15 is 0 Å². The number of nitrogens with zero attached hydrogens (tertiary/aromatic N) is 2. The number of benzene rings is 3. The van der Waals surface area contributed by atoms with Crippen LogP contribution in [0.3, 0.4) is 0 Å². The number of aryl methyl sites for hydroxylation is 1. The molecule has 2 amide bonds. The molecule has 8 heteroatoms. The number of imide groups is 1. The number of hydrogen-bond donors (Lipinski definition) is 0. The van der Waals surface area contributed by atoms with Crippen LogP contribution in [0, 0.1) is 0 Å². The van der Waals surface area contributed by atoms with Crippen LogP contribution in [0.2, 0.25) is 23.2 Å². The second-order valence-corrected chi connectivity index (χ2v) is 17.5. The number of amides is 2. The van der Waals surface area contributed by atoms with Crippen molar-refractivity contribution >= 4 is 42.6 Å². The van der Waals surface area contributed by atoms with E-state index in [4.69, 9.17) is 16.0 Å². The quantitative estimate of drug-likeness (QED) is 0.171. The molecule has 0 aliphatic carbocycles. The van der Waals surface area contributed by atoms with Crippen molar-refractivity contribution in [1.29, 1.82) is 0 Å². The Morgan fingerprint density at radius 2 is 1.51 bits per heavy atom. The van der Waals surface area contributed by atoms with E-state index in [2.05, 4.69) is 33.9 Å². The van der Waals surface area contributed by atoms with Crippen molar-refractivity contribution in [3.8, 4) is 11.1 Å². The second-order valence-electron chi connectivity index (χ2n) is 12.2. The van der Waals surface area contributed by atoms with Crippen LogP contribution in [0.15, 0.2) is 71.5 Å². The van der Waals surface area contributed by atoms with Crippen molar-refractivity contribution < 1.29 is 14.0 Å². The highest BCUT2D eigenvalue weighted by atomic mass is 35.5. The lowest BCUT2D eigenvalue weighted by molar-refractivity contribution is 0.0590. The number of aromatic nitrogens is 1. The summed E-state index contributed by atoms with van der Waals surface area (Å²) in [6.07, 6.45) is 0. The topological polar surface area (TPSA) is 68.6 Å². The molecule has 4 aromatic rings. The van der Waals surface area contributed by atoms with Gasteiger partial charge in [0.15, 0.2) is 13.7 Å². The van der Waals surface area contributed by atoms with Crippen molar-refractivity contribution in [3.05, 3.63) is 104 Å². The average molecular weight is 587 g/mol. The lowest BCUT2D eigenvalue weighted by Gasteiger charge is -2.36. The van der Waals surface area contributed by atoms with Crippen LogP contribution in [0.5, 0.6) is 0 Å². The summed E-state index contributed by atoms with van der Waals surface area (Å²) in [4.78, 5) is 42.5. The van der Waals surface area contributed by atoms with E-state index in [0.29, 0.717) is 50.5 Å². The predicted octanol–water partition coefficient (Wildman–Crippen LogP) is 7.74. The van der Waals surface area contributed by atoms with Crippen LogP contribution >= 0.6 is 11.6 Å². The van der Waals surface area contributed by atoms with Crippen LogP contribution in [0.1, 0.15) is 65.7 Å². The zero-order chi connectivity index (χ0) is 29.9. The average Bonchev–Trinajstić information content (AvgIpc) is 3.18. The maximum atomic E-state index is 14.3. The molecule has 6 nitrogen and oxygen atoms in total. The van der Waals surface area contributed by atoms with Gasteiger partial charge in [-0.25, -0.2) is 0 Å². The highest BCUT2D eigenvalue weighted by Crippen LogP contribution is 2.39. The molecule has 0 bridgehead atoms. The van der Waals surface area contributed by atoms with Gasteiger partial charge in [-0.15, -0.1) is 0 Å². The SMILES string of the molecule is C[C@@H](c1c(-c2cccc(CO[Si](C)(C)C(C)(C)C)c2)c(=O)c2c(Cl)cccc2n1C)N1C(=O)c2ccccc2C1=O. The minimum absolute atomic E-state index is 0.0601. The molecular weight excluding hydrogens is 552 g/mol. The summed E-state index contributed by atoms with van der Waals surface area (Å²) < 4.78 is 8.35. The van der Waals surface area contributed by atoms with Gasteiger partial charge in [-0.05, 0) is 66.5 Å². The van der Waals surface area contributed by atoms with E-state index in [-0.39, 0.29) is 22.3 Å². The minimum Gasteiger partial charge on any atom is -0.413 e. The molecule has 0 saturated heterocycles. The maximum absolute atomic E-state index is 14.3. The molecule has 3 aromatic carbocycles. The summed E-state index contributed by atoms with van der Waals surface area (Å²) >= 11 is 6.59. The largest absolute Gasteiger partial charge is 0.413 e. The van der Waals surface area contributed by atoms with E-state index in [1.165, 1.54) is 4.90 Å². The standard InChI is InChI=1S/C33H35ClN2O4Si/c1-20(36-31(38)23-14-8-9-15-24(23)32(36)39)29-27(30(37)28-25(34)16-11-17-26(28)35(29)5)22-13-10-12-21(18-22)19-40-41(6,7)33(2,3)4/h8-18,20H,19H2,1-7H3/t20-/m0/s1. The fourth-order valence-electron chi connectivity index (χ4n) is 5.30. The molecule has 0 saturated carbocycles. The van der Waals surface area contributed by atoms with Crippen molar-refractivity contribution in [1.82, 2.24) is 9.47 Å². The molecule has 1 aliphatic heterocycles. The van der Waals surface area contributed by atoms with Crippen LogP contribution in [0.4, 0.5) is 0 Å². The summed E-state index contributed by atoms with van der Waals surface area (Å²) in [6.45, 7) is 13.2. The molecule has 0 N–H and O–H groups in total. The molecule has 2 heterocycles. The van der Waals surface area contributed by atoms with E-state index in [1.54, 1.807) is 43.3 Å². The highest BCUT2D eigenvalue weighted by molar-refractivity contribution is 6.74. The number of carbonyl (C=O) groups excluding carboxylic acids is 2. The Labute approximate surface area is 246 Å². The summed E-state index contributed by atoms with van der Waals surface area (Å²) in [5.41, 5.74) is 3.70. The van der Waals surface area contributed by atoms with Crippen molar-refractivity contribution in [3.63, 3.8) is 0 Å². The number of carbonyl (C=O) groups is 2. The van der Waals surface area contributed by atoms with Gasteiger partial charge in [-0.1, -0.05) is 68.8 Å². The predicted molar refractivity (Wildman–Crippen MR) is 167 cm³/mol. The maximum Gasteiger partial charge on any atom is 0.262 e. The van der Waals surface area contributed by atoms with Gasteiger partial charge in [0, 0.05) is 7.05 Å². The molecule has 41 heavy (non-hydrogen) atoms. The molecule has 5 rings (SSSR count). The first-order valence-corrected chi connectivity index (χ1v) is 17.0. The fraction of sp³-hybridized carbons (Fsp3) is 0.303. The van der Waals surface area contributed by atoms with E-state index in [9.17, 15) is 14.4 Å². The second kappa shape index (κ2) is 10.4. The van der Waals surface area contributed by atoms with E-state index in [1.807, 2.05) is 41.9 Å². The number of hydrogen-bond acceptors (Lipinski definition) is 4. The Hall–Kier alpha value is -3.52. The molecular formula is C33H35ClN2O4Si. The third kappa shape index (κ3) is 4.86. The third-order valence-electron chi connectivity index (χ3n) is 8.65. The number of rotatable bonds is 6. The van der Waals surface area contributed by atoms with Gasteiger partial charge < -0.3 is 8.99 Å². The zero-order valence-corrected chi connectivity index (χ0v) is 26.3. The van der Waals surface area contributed by atoms with Gasteiger partial charge in [0.1, 0.15) is 0 Å². The first kappa shape index (κ1) is 29.0. The molecule has 0 fully saturated rings. The van der Waals surface area contributed by atoms with Crippen LogP contribution < -0.4 is 5.43 Å². The van der Waals surface area contributed by atoms with Crippen molar-refractivity contribution in [2.75, 3.05) is 0 Å². The highest BCUT2D eigenvalue weighted by Gasteiger charge is 2.41. The number of fused-ring (bicyclic) bond motifs is 2. The zero-order valence-electron chi connectivity index (χ0n) is 24.5. The summed E-state index contributed by atoms with van der Waals surface area (Å²) in [5, 5.41) is 0.805. The van der Waals surface area contributed by atoms with Crippen LogP contribution in [-0.2, 0) is 18.1 Å². The molecule has 1 aliphatic rings. The van der Waals surface area contributed by atoms with E-state index in [0.717, 1.165) is 5.56 Å². The van der Waals surface area contributed by atoms with E-state index < -0.39 is 14.4 Å². The summed E-state index contributed by atoms with van der Waals surface area (Å²) in [6, 6.07) is 19.1. The Balaban J connectivity index is 1.68. The monoisotopic (exact) mass is 586 g/mol. The first-order valence-electron chi connectivity index (χ1n) is 13.8. The van der Waals surface area contributed by atoms with Crippen LogP contribution in [0.25, 0.3) is 22.0 Å². The summed E-state index contributed by atoms with van der Waals surface area (Å²) in [5.74, 6) is -0.751. The lowest BCUT2D eigenvalue weighted by atomic mass is 9.95. The first-order chi connectivity index (χ1) is 19.2. The molecule has 0 spiro atoms. The lowest BCUT2D eigenvalue weighted by Crippen LogP contribution is -2.40. The number of pyridine rings is 1. The van der Waals surface area contributed by atoms with Gasteiger partial charge in [0.25, 0.3) is 11.8 Å². The van der Waals surface area contributed by atoms with Gasteiger partial charge in [0.05, 0.1) is 51.0 Å². The summed E-state index contributed by atoms with van der Waals surface area (Å²) in [7, 11) is -0.163.